The molecule has 1 unspecified atom stereocenters. The second kappa shape index (κ2) is 9.14. The molecular weight excluding hydrogens is 354 g/mol. The number of thioether (sulfide) groups is 1. The van der Waals surface area contributed by atoms with Gasteiger partial charge in [0.15, 0.2) is 0 Å². The molecule has 0 saturated heterocycles. The molecule has 0 radical (unpaired) electrons. The van der Waals surface area contributed by atoms with Gasteiger partial charge in [-0.1, -0.05) is 55.8 Å². The maximum absolute atomic E-state index is 12.5. The number of rotatable bonds is 6. The van der Waals surface area contributed by atoms with Crippen LogP contribution in [-0.2, 0) is 4.74 Å². The second-order valence-corrected chi connectivity index (χ2v) is 7.79. The van der Waals surface area contributed by atoms with E-state index in [0.29, 0.717) is 0 Å². The van der Waals surface area contributed by atoms with Crippen molar-refractivity contribution in [2.75, 3.05) is 11.6 Å². The largest absolute Gasteiger partial charge is 0.442 e. The Kier molecular flexibility index (Phi) is 6.62. The van der Waals surface area contributed by atoms with Crippen molar-refractivity contribution in [2.45, 2.75) is 49.5 Å². The van der Waals surface area contributed by atoms with E-state index in [1.807, 2.05) is 36.4 Å². The van der Waals surface area contributed by atoms with E-state index >= 15 is 0 Å². The maximum atomic E-state index is 12.5. The molecule has 4 heteroatoms. The van der Waals surface area contributed by atoms with Gasteiger partial charge in [0.2, 0.25) is 0 Å². The Bertz CT molecular complexity index is 800. The number of amides is 1. The van der Waals surface area contributed by atoms with E-state index in [-0.39, 0.29) is 11.7 Å². The first-order valence-electron chi connectivity index (χ1n) is 9.54. The lowest BCUT2D eigenvalue weighted by Gasteiger charge is -2.34. The molecule has 2 aromatic carbocycles. The zero-order valence-electron chi connectivity index (χ0n) is 16.0. The van der Waals surface area contributed by atoms with Crippen molar-refractivity contribution in [3.05, 3.63) is 60.7 Å². The van der Waals surface area contributed by atoms with Gasteiger partial charge in [0.05, 0.1) is 0 Å². The van der Waals surface area contributed by atoms with Crippen molar-refractivity contribution >= 4 is 23.5 Å². The van der Waals surface area contributed by atoms with Crippen molar-refractivity contribution in [2.24, 2.45) is 0 Å². The van der Waals surface area contributed by atoms with Crippen molar-refractivity contribution in [1.82, 2.24) is 0 Å². The fourth-order valence-electron chi connectivity index (χ4n) is 3.65. The number of hydrogen-bond donors (Lipinski definition) is 1. The minimum atomic E-state index is -0.365. The molecular formula is C23H27NO2S. The minimum Gasteiger partial charge on any atom is -0.442 e. The SMILES string of the molecule is CCCC1(OC(=O)Nc2ccc(-c3ccccc3SC)cc2)CC=CCC1. The van der Waals surface area contributed by atoms with Gasteiger partial charge in [0.1, 0.15) is 5.60 Å². The molecule has 0 saturated carbocycles. The molecule has 27 heavy (non-hydrogen) atoms. The Balaban J connectivity index is 1.67. The summed E-state index contributed by atoms with van der Waals surface area (Å²) in [6.45, 7) is 2.13. The first kappa shape index (κ1) is 19.6. The number of nitrogens with one attached hydrogen (secondary N) is 1. The van der Waals surface area contributed by atoms with Gasteiger partial charge in [-0.2, -0.15) is 0 Å². The van der Waals surface area contributed by atoms with Crippen LogP contribution in [0.1, 0.15) is 39.0 Å². The average molecular weight is 382 g/mol. The van der Waals surface area contributed by atoms with Crippen LogP contribution in [0.3, 0.4) is 0 Å². The highest BCUT2D eigenvalue weighted by Crippen LogP contribution is 2.33. The van der Waals surface area contributed by atoms with Gasteiger partial charge in [0, 0.05) is 17.0 Å². The normalized spacial score (nSPS) is 18.9. The van der Waals surface area contributed by atoms with Gasteiger partial charge < -0.3 is 4.74 Å². The Labute approximate surface area is 166 Å². The van der Waals surface area contributed by atoms with Crippen LogP contribution in [-0.4, -0.2) is 18.0 Å². The van der Waals surface area contributed by atoms with Crippen LogP contribution in [0.25, 0.3) is 11.1 Å². The standard InChI is InChI=1S/C23H27NO2S/c1-3-15-23(16-7-4-8-17-23)26-22(25)24-19-13-11-18(12-14-19)20-9-5-6-10-21(20)27-2/h4-7,9-14H,3,8,15-17H2,1-2H3,(H,24,25). The zero-order valence-corrected chi connectivity index (χ0v) is 16.9. The number of allylic oxidation sites excluding steroid dienone is 1. The molecule has 0 aliphatic heterocycles. The molecule has 142 valence electrons. The van der Waals surface area contributed by atoms with Crippen LogP contribution in [0.15, 0.2) is 65.6 Å². The number of carbonyl (C=O) groups is 1. The van der Waals surface area contributed by atoms with E-state index in [9.17, 15) is 4.79 Å². The molecule has 0 heterocycles. The average Bonchev–Trinajstić information content (AvgIpc) is 2.69. The highest BCUT2D eigenvalue weighted by atomic mass is 32.2. The summed E-state index contributed by atoms with van der Waals surface area (Å²) in [6.07, 6.45) is 10.6. The monoisotopic (exact) mass is 381 g/mol. The molecule has 0 aromatic heterocycles. The van der Waals surface area contributed by atoms with Crippen LogP contribution >= 0.6 is 11.8 Å². The van der Waals surface area contributed by atoms with Gasteiger partial charge in [0.25, 0.3) is 0 Å². The summed E-state index contributed by atoms with van der Waals surface area (Å²) in [5, 5.41) is 2.89. The van der Waals surface area contributed by atoms with Crippen molar-refractivity contribution < 1.29 is 9.53 Å². The van der Waals surface area contributed by atoms with Crippen molar-refractivity contribution in [3.8, 4) is 11.1 Å². The lowest BCUT2D eigenvalue weighted by molar-refractivity contribution is 0.00486. The van der Waals surface area contributed by atoms with Gasteiger partial charge >= 0.3 is 6.09 Å². The Morgan fingerprint density at radius 1 is 1.15 bits per heavy atom. The summed E-state index contributed by atoms with van der Waals surface area (Å²) in [6, 6.07) is 16.3. The Morgan fingerprint density at radius 2 is 1.93 bits per heavy atom. The molecule has 1 aliphatic rings. The van der Waals surface area contributed by atoms with Crippen LogP contribution in [0.4, 0.5) is 10.5 Å². The van der Waals surface area contributed by atoms with Crippen LogP contribution in [0.2, 0.25) is 0 Å². The molecule has 0 spiro atoms. The highest BCUT2D eigenvalue weighted by molar-refractivity contribution is 7.98. The lowest BCUT2D eigenvalue weighted by Crippen LogP contribution is -2.37. The molecule has 1 aliphatic carbocycles. The molecule has 1 atom stereocenters. The molecule has 3 nitrogen and oxygen atoms in total. The molecule has 3 rings (SSSR count). The van der Waals surface area contributed by atoms with E-state index in [2.05, 4.69) is 42.8 Å². The van der Waals surface area contributed by atoms with Crippen LogP contribution < -0.4 is 5.32 Å². The second-order valence-electron chi connectivity index (χ2n) is 6.94. The quantitative estimate of drug-likeness (QED) is 0.437. The predicted octanol–water partition coefficient (Wildman–Crippen LogP) is 6.90. The molecule has 1 N–H and O–H groups in total. The summed E-state index contributed by atoms with van der Waals surface area (Å²) in [5.41, 5.74) is 2.74. The van der Waals surface area contributed by atoms with Gasteiger partial charge in [-0.25, -0.2) is 4.79 Å². The molecule has 0 fully saturated rings. The smallest absolute Gasteiger partial charge is 0.412 e. The third-order valence-electron chi connectivity index (χ3n) is 4.99. The van der Waals surface area contributed by atoms with Crippen molar-refractivity contribution in [3.63, 3.8) is 0 Å². The van der Waals surface area contributed by atoms with E-state index < -0.39 is 0 Å². The molecule has 1 amide bonds. The maximum Gasteiger partial charge on any atom is 0.412 e. The third kappa shape index (κ3) is 4.95. The van der Waals surface area contributed by atoms with E-state index in [4.69, 9.17) is 4.74 Å². The Morgan fingerprint density at radius 3 is 2.59 bits per heavy atom. The fourth-order valence-corrected chi connectivity index (χ4v) is 4.27. The number of carbonyl (C=O) groups excluding carboxylic acids is 1. The number of anilines is 1. The third-order valence-corrected chi connectivity index (χ3v) is 5.78. The summed E-state index contributed by atoms with van der Waals surface area (Å²) < 4.78 is 5.87. The van der Waals surface area contributed by atoms with Crippen LogP contribution in [0, 0.1) is 0 Å². The number of benzene rings is 2. The summed E-state index contributed by atoms with van der Waals surface area (Å²) in [7, 11) is 0. The Hall–Kier alpha value is -2.20. The molecule has 0 bridgehead atoms. The fraction of sp³-hybridized carbons (Fsp3) is 0.348. The lowest BCUT2D eigenvalue weighted by atomic mass is 9.85. The predicted molar refractivity (Wildman–Crippen MR) is 114 cm³/mol. The highest BCUT2D eigenvalue weighted by Gasteiger charge is 2.33. The number of hydrogen-bond acceptors (Lipinski definition) is 3. The van der Waals surface area contributed by atoms with Crippen molar-refractivity contribution in [1.29, 1.82) is 0 Å². The zero-order chi connectivity index (χ0) is 19.1. The first-order chi connectivity index (χ1) is 13.2. The first-order valence-corrected chi connectivity index (χ1v) is 10.8. The van der Waals surface area contributed by atoms with E-state index in [1.165, 1.54) is 10.5 Å². The van der Waals surface area contributed by atoms with Crippen LogP contribution in [0.5, 0.6) is 0 Å². The minimum absolute atomic E-state index is 0.356. The van der Waals surface area contributed by atoms with E-state index in [0.717, 1.165) is 43.4 Å². The van der Waals surface area contributed by atoms with E-state index in [1.54, 1.807) is 11.8 Å². The summed E-state index contributed by atoms with van der Waals surface area (Å²) >= 11 is 1.73. The van der Waals surface area contributed by atoms with Gasteiger partial charge in [-0.15, -0.1) is 11.8 Å². The summed E-state index contributed by atoms with van der Waals surface area (Å²) in [5.74, 6) is 0. The number of ether oxygens (including phenoxy) is 1. The van der Waals surface area contributed by atoms with Gasteiger partial charge in [-0.05, 0) is 54.8 Å². The topological polar surface area (TPSA) is 38.3 Å². The van der Waals surface area contributed by atoms with Gasteiger partial charge in [-0.3, -0.25) is 5.32 Å². The summed E-state index contributed by atoms with van der Waals surface area (Å²) in [4.78, 5) is 13.7. The molecule has 2 aromatic rings.